The SMILES string of the molecule is Cc1cccc(C(C)(C)C)c1OCC(=O)c1nc(C)c(C(=O)O)s1. The first-order valence-electron chi connectivity index (χ1n) is 7.58. The van der Waals surface area contributed by atoms with E-state index < -0.39 is 5.97 Å². The first-order valence-corrected chi connectivity index (χ1v) is 8.39. The maximum absolute atomic E-state index is 12.3. The van der Waals surface area contributed by atoms with Crippen molar-refractivity contribution < 1.29 is 19.4 Å². The molecule has 1 heterocycles. The predicted octanol–water partition coefficient (Wildman–Crippen LogP) is 4.02. The number of ether oxygens (including phenoxy) is 1. The molecule has 24 heavy (non-hydrogen) atoms. The van der Waals surface area contributed by atoms with Crippen LogP contribution in [0, 0.1) is 13.8 Å². The van der Waals surface area contributed by atoms with Gasteiger partial charge in [-0.1, -0.05) is 39.0 Å². The smallest absolute Gasteiger partial charge is 0.347 e. The minimum Gasteiger partial charge on any atom is -0.485 e. The lowest BCUT2D eigenvalue weighted by atomic mass is 9.85. The Balaban J connectivity index is 2.21. The number of Topliss-reactive ketones (excluding diaryl/α,β-unsaturated/α-hetero) is 1. The Kier molecular flexibility index (Phi) is 5.08. The fourth-order valence-electron chi connectivity index (χ4n) is 2.35. The quantitative estimate of drug-likeness (QED) is 0.827. The Morgan fingerprint density at radius 2 is 1.92 bits per heavy atom. The minimum atomic E-state index is -1.07. The molecule has 6 heteroatoms. The zero-order valence-electron chi connectivity index (χ0n) is 14.5. The molecule has 0 aliphatic rings. The van der Waals surface area contributed by atoms with E-state index in [0.29, 0.717) is 11.4 Å². The second kappa shape index (κ2) is 6.73. The molecule has 0 saturated carbocycles. The first-order chi connectivity index (χ1) is 11.1. The number of hydrogen-bond acceptors (Lipinski definition) is 5. The molecule has 1 aromatic heterocycles. The number of thiazole rings is 1. The number of para-hydroxylation sites is 1. The van der Waals surface area contributed by atoms with E-state index in [2.05, 4.69) is 25.8 Å². The molecule has 0 aliphatic carbocycles. The lowest BCUT2D eigenvalue weighted by molar-refractivity contribution is 0.0701. The molecule has 0 spiro atoms. The third-order valence-corrected chi connectivity index (χ3v) is 4.78. The lowest BCUT2D eigenvalue weighted by Crippen LogP contribution is -2.17. The van der Waals surface area contributed by atoms with E-state index in [0.717, 1.165) is 22.5 Å². The van der Waals surface area contributed by atoms with Crippen molar-refractivity contribution in [2.24, 2.45) is 0 Å². The van der Waals surface area contributed by atoms with E-state index in [1.54, 1.807) is 6.92 Å². The Labute approximate surface area is 145 Å². The van der Waals surface area contributed by atoms with Gasteiger partial charge in [0.05, 0.1) is 5.69 Å². The number of carboxylic acid groups (broad SMARTS) is 1. The number of benzene rings is 1. The van der Waals surface area contributed by atoms with Crippen molar-refractivity contribution in [2.75, 3.05) is 6.61 Å². The number of rotatable bonds is 5. The number of carbonyl (C=O) groups is 2. The molecule has 0 saturated heterocycles. The largest absolute Gasteiger partial charge is 0.485 e. The van der Waals surface area contributed by atoms with Gasteiger partial charge in [-0.3, -0.25) is 4.79 Å². The van der Waals surface area contributed by atoms with Crippen molar-refractivity contribution in [3.8, 4) is 5.75 Å². The first kappa shape index (κ1) is 18.1. The van der Waals surface area contributed by atoms with Crippen LogP contribution in [-0.2, 0) is 5.41 Å². The van der Waals surface area contributed by atoms with Crippen molar-refractivity contribution in [3.05, 3.63) is 44.9 Å². The summed E-state index contributed by atoms with van der Waals surface area (Å²) in [4.78, 5) is 27.5. The van der Waals surface area contributed by atoms with Gasteiger partial charge in [0, 0.05) is 0 Å². The Hall–Kier alpha value is -2.21. The van der Waals surface area contributed by atoms with Gasteiger partial charge in [-0.15, -0.1) is 11.3 Å². The average molecular weight is 347 g/mol. The molecule has 0 bridgehead atoms. The predicted molar refractivity (Wildman–Crippen MR) is 93.5 cm³/mol. The topological polar surface area (TPSA) is 76.5 Å². The number of ketones is 1. The number of carboxylic acids is 1. The summed E-state index contributed by atoms with van der Waals surface area (Å²) in [5, 5.41) is 9.22. The Morgan fingerprint density at radius 1 is 1.25 bits per heavy atom. The number of hydrogen-bond donors (Lipinski definition) is 1. The van der Waals surface area contributed by atoms with E-state index in [-0.39, 0.29) is 27.7 Å². The zero-order chi connectivity index (χ0) is 18.1. The van der Waals surface area contributed by atoms with Gasteiger partial charge in [0.15, 0.2) is 11.6 Å². The standard InChI is InChI=1S/C18H21NO4S/c1-10-7-6-8-12(18(3,4)5)14(10)23-9-13(20)16-19-11(2)15(24-16)17(21)22/h6-8H,9H2,1-5H3,(H,21,22). The van der Waals surface area contributed by atoms with Crippen molar-refractivity contribution in [2.45, 2.75) is 40.0 Å². The van der Waals surface area contributed by atoms with Crippen LogP contribution < -0.4 is 4.74 Å². The van der Waals surface area contributed by atoms with Crippen molar-refractivity contribution in [1.82, 2.24) is 4.98 Å². The third kappa shape index (κ3) is 3.82. The molecule has 5 nitrogen and oxygen atoms in total. The Bertz CT molecular complexity index is 787. The van der Waals surface area contributed by atoms with Gasteiger partial charge in [-0.2, -0.15) is 0 Å². The molecule has 2 aromatic rings. The van der Waals surface area contributed by atoms with E-state index in [1.807, 2.05) is 25.1 Å². The molecular formula is C18H21NO4S. The second-order valence-electron chi connectivity index (χ2n) is 6.65. The minimum absolute atomic E-state index is 0.0876. The van der Waals surface area contributed by atoms with E-state index in [9.17, 15) is 9.59 Å². The molecule has 1 aromatic carbocycles. The van der Waals surface area contributed by atoms with Gasteiger partial charge in [0.1, 0.15) is 10.6 Å². The molecule has 128 valence electrons. The fraction of sp³-hybridized carbons (Fsp3) is 0.389. The molecule has 2 rings (SSSR count). The van der Waals surface area contributed by atoms with Crippen LogP contribution in [0.2, 0.25) is 0 Å². The number of nitrogens with zero attached hydrogens (tertiary/aromatic N) is 1. The average Bonchev–Trinajstić information content (AvgIpc) is 2.86. The number of carbonyl (C=O) groups excluding carboxylic acids is 1. The van der Waals surface area contributed by atoms with E-state index in [4.69, 9.17) is 9.84 Å². The van der Waals surface area contributed by atoms with Crippen LogP contribution in [0.15, 0.2) is 18.2 Å². The normalized spacial score (nSPS) is 11.4. The molecule has 0 amide bonds. The summed E-state index contributed by atoms with van der Waals surface area (Å²) in [6, 6.07) is 5.89. The zero-order valence-corrected chi connectivity index (χ0v) is 15.3. The number of aromatic carboxylic acids is 1. The molecule has 0 unspecified atom stereocenters. The van der Waals surface area contributed by atoms with Crippen molar-refractivity contribution in [3.63, 3.8) is 0 Å². The summed E-state index contributed by atoms with van der Waals surface area (Å²) in [7, 11) is 0. The van der Waals surface area contributed by atoms with Gasteiger partial charge in [-0.25, -0.2) is 9.78 Å². The van der Waals surface area contributed by atoms with Crippen LogP contribution in [-0.4, -0.2) is 28.4 Å². The number of aryl methyl sites for hydroxylation is 2. The molecule has 0 atom stereocenters. The molecule has 0 fully saturated rings. The third-order valence-electron chi connectivity index (χ3n) is 3.60. The van der Waals surface area contributed by atoms with Gasteiger partial charge >= 0.3 is 5.97 Å². The monoisotopic (exact) mass is 347 g/mol. The molecular weight excluding hydrogens is 326 g/mol. The summed E-state index contributed by atoms with van der Waals surface area (Å²) in [6.45, 7) is 9.60. The highest BCUT2D eigenvalue weighted by Gasteiger charge is 2.22. The summed E-state index contributed by atoms with van der Waals surface area (Å²) in [6.07, 6.45) is 0. The van der Waals surface area contributed by atoms with Crippen LogP contribution >= 0.6 is 11.3 Å². The maximum atomic E-state index is 12.3. The Morgan fingerprint density at radius 3 is 2.46 bits per heavy atom. The van der Waals surface area contributed by atoms with Crippen molar-refractivity contribution in [1.29, 1.82) is 0 Å². The van der Waals surface area contributed by atoms with E-state index in [1.165, 1.54) is 0 Å². The van der Waals surface area contributed by atoms with E-state index >= 15 is 0 Å². The van der Waals surface area contributed by atoms with Crippen LogP contribution in [0.25, 0.3) is 0 Å². The number of aromatic nitrogens is 1. The molecule has 0 radical (unpaired) electrons. The maximum Gasteiger partial charge on any atom is 0.347 e. The second-order valence-corrected chi connectivity index (χ2v) is 7.65. The lowest BCUT2D eigenvalue weighted by Gasteiger charge is -2.23. The fourth-order valence-corrected chi connectivity index (χ4v) is 3.18. The van der Waals surface area contributed by atoms with Gasteiger partial charge < -0.3 is 9.84 Å². The van der Waals surface area contributed by atoms with Crippen LogP contribution in [0.5, 0.6) is 5.75 Å². The summed E-state index contributed by atoms with van der Waals surface area (Å²) in [5.74, 6) is -0.692. The summed E-state index contributed by atoms with van der Waals surface area (Å²) >= 11 is 0.885. The van der Waals surface area contributed by atoms with Crippen molar-refractivity contribution >= 4 is 23.1 Å². The molecule has 0 aliphatic heterocycles. The van der Waals surface area contributed by atoms with Gasteiger partial charge in [0.2, 0.25) is 5.78 Å². The van der Waals surface area contributed by atoms with Crippen LogP contribution in [0.4, 0.5) is 0 Å². The van der Waals surface area contributed by atoms with Gasteiger partial charge in [-0.05, 0) is 30.4 Å². The summed E-state index contributed by atoms with van der Waals surface area (Å²) < 4.78 is 5.79. The highest BCUT2D eigenvalue weighted by atomic mass is 32.1. The highest BCUT2D eigenvalue weighted by molar-refractivity contribution is 7.15. The summed E-state index contributed by atoms with van der Waals surface area (Å²) in [5.41, 5.74) is 2.22. The van der Waals surface area contributed by atoms with Crippen LogP contribution in [0.1, 0.15) is 57.1 Å². The highest BCUT2D eigenvalue weighted by Crippen LogP contribution is 2.34. The molecule has 1 N–H and O–H groups in total. The van der Waals surface area contributed by atoms with Gasteiger partial charge in [0.25, 0.3) is 0 Å². The van der Waals surface area contributed by atoms with Crippen LogP contribution in [0.3, 0.4) is 0 Å².